The molecule has 0 saturated heterocycles. The molecule has 1 unspecified atom stereocenters. The molecular formula is C22H32O3S2. The predicted molar refractivity (Wildman–Crippen MR) is 118 cm³/mol. The van der Waals surface area contributed by atoms with Crippen LogP contribution in [0.15, 0.2) is 12.7 Å². The second kappa shape index (κ2) is 8.14. The molecule has 0 bridgehead atoms. The van der Waals surface area contributed by atoms with Crippen molar-refractivity contribution in [1.29, 1.82) is 0 Å². The molecule has 1 heterocycles. The van der Waals surface area contributed by atoms with E-state index in [2.05, 4.69) is 26.5 Å². The molecule has 1 aromatic heterocycles. The van der Waals surface area contributed by atoms with Crippen molar-refractivity contribution in [2.24, 2.45) is 5.41 Å². The fraction of sp³-hybridized carbons (Fsp3) is 0.591. The summed E-state index contributed by atoms with van der Waals surface area (Å²) in [6, 6.07) is 0. The normalized spacial score (nSPS) is 18.1. The topological polar surface area (TPSA) is 46.5 Å². The van der Waals surface area contributed by atoms with E-state index in [-0.39, 0.29) is 0 Å². The van der Waals surface area contributed by atoms with Crippen LogP contribution in [0.4, 0.5) is 0 Å². The Morgan fingerprint density at radius 1 is 1.41 bits per heavy atom. The van der Waals surface area contributed by atoms with Gasteiger partial charge in [0.1, 0.15) is 0 Å². The van der Waals surface area contributed by atoms with Crippen molar-refractivity contribution < 1.29 is 14.6 Å². The molecule has 1 aliphatic carbocycles. The molecule has 0 aromatic carbocycles. The molecular weight excluding hydrogens is 376 g/mol. The number of carboxylic acid groups (broad SMARTS) is 1. The standard InChI is InChI=1S/C22H32O3S2/c1-13-16(18(20(23)24)25-21(3,4)5)17(19(27-13)14(2)26-8)15-9-11-22(6,7)12-10-15/h9,18H,2,10-12H2,1,3-8H3,(H,23,24). The maximum Gasteiger partial charge on any atom is 0.337 e. The van der Waals surface area contributed by atoms with Gasteiger partial charge in [-0.3, -0.25) is 0 Å². The lowest BCUT2D eigenvalue weighted by atomic mass is 9.76. The molecule has 0 spiro atoms. The van der Waals surface area contributed by atoms with E-state index in [9.17, 15) is 9.90 Å². The first kappa shape index (κ1) is 22.3. The Balaban J connectivity index is 2.66. The lowest BCUT2D eigenvalue weighted by molar-refractivity contribution is -0.160. The van der Waals surface area contributed by atoms with Crippen molar-refractivity contribution in [3.05, 3.63) is 33.5 Å². The Labute approximate surface area is 171 Å². The molecule has 1 N–H and O–H groups in total. The Kier molecular flexibility index (Phi) is 6.71. The van der Waals surface area contributed by atoms with Crippen LogP contribution >= 0.6 is 23.1 Å². The molecule has 0 radical (unpaired) electrons. The van der Waals surface area contributed by atoms with E-state index in [1.54, 1.807) is 23.1 Å². The number of ether oxygens (including phenoxy) is 1. The Morgan fingerprint density at radius 3 is 2.48 bits per heavy atom. The molecule has 0 saturated carbocycles. The van der Waals surface area contributed by atoms with Crippen LogP contribution in [0.1, 0.15) is 80.9 Å². The van der Waals surface area contributed by atoms with Crippen LogP contribution in [-0.4, -0.2) is 22.9 Å². The quantitative estimate of drug-likeness (QED) is 0.554. The van der Waals surface area contributed by atoms with Gasteiger partial charge in [-0.05, 0) is 64.2 Å². The summed E-state index contributed by atoms with van der Waals surface area (Å²) in [6.07, 6.45) is 6.37. The lowest BCUT2D eigenvalue weighted by Crippen LogP contribution is -2.28. The predicted octanol–water partition coefficient (Wildman–Crippen LogP) is 6.92. The molecule has 0 amide bonds. The third-order valence-corrected chi connectivity index (χ3v) is 6.89. The molecule has 0 aliphatic heterocycles. The number of rotatable bonds is 6. The van der Waals surface area contributed by atoms with Gasteiger partial charge in [-0.15, -0.1) is 23.1 Å². The van der Waals surface area contributed by atoms with Crippen molar-refractivity contribution in [1.82, 2.24) is 0 Å². The number of hydrogen-bond donors (Lipinski definition) is 1. The maximum atomic E-state index is 12.1. The number of hydrogen-bond acceptors (Lipinski definition) is 4. The van der Waals surface area contributed by atoms with Crippen LogP contribution in [0.2, 0.25) is 0 Å². The van der Waals surface area contributed by atoms with Crippen LogP contribution in [0.25, 0.3) is 10.5 Å². The molecule has 3 nitrogen and oxygen atoms in total. The largest absolute Gasteiger partial charge is 0.479 e. The van der Waals surface area contributed by atoms with Gasteiger partial charge in [0.2, 0.25) is 0 Å². The molecule has 2 rings (SSSR count). The minimum Gasteiger partial charge on any atom is -0.479 e. The Hall–Kier alpha value is -1.04. The third kappa shape index (κ3) is 5.27. The van der Waals surface area contributed by atoms with E-state index in [0.717, 1.165) is 45.0 Å². The average molecular weight is 409 g/mol. The van der Waals surface area contributed by atoms with Crippen molar-refractivity contribution in [2.75, 3.05) is 6.26 Å². The van der Waals surface area contributed by atoms with Crippen molar-refractivity contribution >= 4 is 39.5 Å². The molecule has 5 heteroatoms. The number of aryl methyl sites for hydroxylation is 1. The second-order valence-corrected chi connectivity index (χ2v) is 11.1. The van der Waals surface area contributed by atoms with E-state index in [1.807, 2.05) is 34.0 Å². The highest BCUT2D eigenvalue weighted by Crippen LogP contribution is 2.48. The van der Waals surface area contributed by atoms with Gasteiger partial charge in [0, 0.05) is 25.8 Å². The maximum absolute atomic E-state index is 12.1. The summed E-state index contributed by atoms with van der Waals surface area (Å²) in [7, 11) is 0. The summed E-state index contributed by atoms with van der Waals surface area (Å²) in [5.41, 5.74) is 2.83. The van der Waals surface area contributed by atoms with Gasteiger partial charge in [-0.2, -0.15) is 0 Å². The smallest absolute Gasteiger partial charge is 0.337 e. The van der Waals surface area contributed by atoms with Crippen LogP contribution in [0.3, 0.4) is 0 Å². The number of thiophene rings is 1. The average Bonchev–Trinajstić information content (AvgIpc) is 2.88. The van der Waals surface area contributed by atoms with Gasteiger partial charge in [0.05, 0.1) is 5.60 Å². The van der Waals surface area contributed by atoms with Gasteiger partial charge in [0.15, 0.2) is 6.10 Å². The molecule has 27 heavy (non-hydrogen) atoms. The zero-order chi connectivity index (χ0) is 20.6. The summed E-state index contributed by atoms with van der Waals surface area (Å²) in [6.45, 7) is 16.5. The fourth-order valence-corrected chi connectivity index (χ4v) is 5.12. The first-order chi connectivity index (χ1) is 12.4. The fourth-order valence-electron chi connectivity index (χ4n) is 3.37. The zero-order valence-electron chi connectivity index (χ0n) is 17.6. The van der Waals surface area contributed by atoms with Crippen molar-refractivity contribution in [2.45, 2.75) is 72.5 Å². The minimum atomic E-state index is -0.976. The second-order valence-electron chi connectivity index (χ2n) is 8.95. The first-order valence-corrected chi connectivity index (χ1v) is 11.4. The van der Waals surface area contributed by atoms with E-state index in [1.165, 1.54) is 5.57 Å². The summed E-state index contributed by atoms with van der Waals surface area (Å²) < 4.78 is 6.01. The zero-order valence-corrected chi connectivity index (χ0v) is 19.2. The number of carbonyl (C=O) groups is 1. The van der Waals surface area contributed by atoms with Crippen LogP contribution in [0.5, 0.6) is 0 Å². The SMILES string of the molecule is C=C(SC)c1sc(C)c(C(OC(C)(C)C)C(=O)O)c1C1=CCC(C)(C)CC1. The van der Waals surface area contributed by atoms with Crippen LogP contribution in [-0.2, 0) is 9.53 Å². The summed E-state index contributed by atoms with van der Waals surface area (Å²) >= 11 is 3.25. The van der Waals surface area contributed by atoms with E-state index in [4.69, 9.17) is 4.74 Å². The lowest BCUT2D eigenvalue weighted by Gasteiger charge is -2.31. The molecule has 1 aliphatic rings. The van der Waals surface area contributed by atoms with Crippen molar-refractivity contribution in [3.63, 3.8) is 0 Å². The highest BCUT2D eigenvalue weighted by Gasteiger charge is 2.35. The van der Waals surface area contributed by atoms with Crippen LogP contribution < -0.4 is 0 Å². The number of aliphatic carboxylic acids is 1. The van der Waals surface area contributed by atoms with Crippen LogP contribution in [0, 0.1) is 12.3 Å². The van der Waals surface area contributed by atoms with Gasteiger partial charge >= 0.3 is 5.97 Å². The Morgan fingerprint density at radius 2 is 2.04 bits per heavy atom. The van der Waals surface area contributed by atoms with Gasteiger partial charge in [0.25, 0.3) is 0 Å². The molecule has 0 fully saturated rings. The summed E-state index contributed by atoms with van der Waals surface area (Å²) in [5.74, 6) is -0.940. The summed E-state index contributed by atoms with van der Waals surface area (Å²) in [4.78, 5) is 15.2. The van der Waals surface area contributed by atoms with Gasteiger partial charge in [-0.25, -0.2) is 4.79 Å². The monoisotopic (exact) mass is 408 g/mol. The van der Waals surface area contributed by atoms with E-state index in [0.29, 0.717) is 5.41 Å². The molecule has 1 aromatic rings. The molecule has 1 atom stereocenters. The highest BCUT2D eigenvalue weighted by molar-refractivity contribution is 8.07. The highest BCUT2D eigenvalue weighted by atomic mass is 32.2. The Bertz CT molecular complexity index is 763. The number of thioether (sulfide) groups is 1. The minimum absolute atomic E-state index is 0.291. The summed E-state index contributed by atoms with van der Waals surface area (Å²) in [5, 5.41) is 9.96. The van der Waals surface area contributed by atoms with Gasteiger partial charge in [-0.1, -0.05) is 26.5 Å². The van der Waals surface area contributed by atoms with Crippen molar-refractivity contribution in [3.8, 4) is 0 Å². The number of carboxylic acids is 1. The first-order valence-electron chi connectivity index (χ1n) is 9.33. The van der Waals surface area contributed by atoms with E-state index < -0.39 is 17.7 Å². The number of allylic oxidation sites excluding steroid dienone is 2. The molecule has 150 valence electrons. The van der Waals surface area contributed by atoms with Gasteiger partial charge < -0.3 is 9.84 Å². The van der Waals surface area contributed by atoms with E-state index >= 15 is 0 Å². The third-order valence-electron chi connectivity index (χ3n) is 4.88.